The second-order valence-corrected chi connectivity index (χ2v) is 0.250. The Morgan fingerprint density at radius 1 is 1.17 bits per heavy atom. The van der Waals surface area contributed by atoms with E-state index in [1.807, 2.05) is 0 Å². The third-order valence-electron chi connectivity index (χ3n) is 0. The molecule has 6 heteroatoms. The SMILES string of the molecule is Br.O=[Si]=O.[Cs].[Pb]. The summed E-state index contributed by atoms with van der Waals surface area (Å²) in [5, 5.41) is 0. The van der Waals surface area contributed by atoms with Crippen molar-refractivity contribution in [1.29, 1.82) is 0 Å². The van der Waals surface area contributed by atoms with Crippen molar-refractivity contribution in [2.75, 3.05) is 0 Å². The summed E-state index contributed by atoms with van der Waals surface area (Å²) in [7, 11) is -1.42. The van der Waals surface area contributed by atoms with Crippen LogP contribution in [-0.4, -0.2) is 105 Å². The minimum absolute atomic E-state index is 0. The molecule has 0 rings (SSSR count). The van der Waals surface area contributed by atoms with Crippen molar-refractivity contribution in [2.24, 2.45) is 0 Å². The molecule has 0 aliphatic heterocycles. The van der Waals surface area contributed by atoms with Crippen molar-refractivity contribution in [3.63, 3.8) is 0 Å². The van der Waals surface area contributed by atoms with Gasteiger partial charge in [0, 0.05) is 96.2 Å². The Morgan fingerprint density at radius 2 is 1.17 bits per heavy atom. The van der Waals surface area contributed by atoms with Gasteiger partial charge in [0.05, 0.1) is 0 Å². The molecule has 0 saturated carbocycles. The van der Waals surface area contributed by atoms with E-state index in [1.165, 1.54) is 0 Å². The van der Waals surface area contributed by atoms with Crippen LogP contribution in [0.4, 0.5) is 0 Å². The van der Waals surface area contributed by atoms with Gasteiger partial charge >= 0.3 is 9.29 Å². The molecule has 0 aromatic heterocycles. The van der Waals surface area contributed by atoms with Crippen LogP contribution in [0, 0.1) is 0 Å². The van der Waals surface area contributed by atoms with Crippen molar-refractivity contribution in [3.8, 4) is 0 Å². The summed E-state index contributed by atoms with van der Waals surface area (Å²) in [6.07, 6.45) is 0. The molecule has 0 amide bonds. The first-order chi connectivity index (χ1) is 1.41. The fraction of sp³-hybridized carbons (Fsp3) is 0. The molecular formula is HBrCsO2PbSi. The van der Waals surface area contributed by atoms with Gasteiger partial charge in [-0.3, -0.25) is 8.92 Å². The average Bonchev–Trinajstić information content (AvgIpc) is 0.918. The predicted molar refractivity (Wildman–Crippen MR) is 29.0 cm³/mol. The summed E-state index contributed by atoms with van der Waals surface area (Å²) in [5.41, 5.74) is 0. The van der Waals surface area contributed by atoms with Crippen LogP contribution >= 0.6 is 17.0 Å². The molecule has 2 nitrogen and oxygen atoms in total. The Morgan fingerprint density at radius 3 is 1.17 bits per heavy atom. The van der Waals surface area contributed by atoms with Crippen molar-refractivity contribution in [3.05, 3.63) is 0 Å². The minimum atomic E-state index is -1.42. The van der Waals surface area contributed by atoms with E-state index in [0.29, 0.717) is 0 Å². The van der Waals surface area contributed by atoms with Crippen LogP contribution in [0.25, 0.3) is 0 Å². The van der Waals surface area contributed by atoms with Crippen molar-refractivity contribution in [1.82, 2.24) is 0 Å². The van der Waals surface area contributed by atoms with E-state index >= 15 is 0 Å². The maximum atomic E-state index is 8.40. The topological polar surface area (TPSA) is 34.1 Å². The molecule has 6 heavy (non-hydrogen) atoms. The summed E-state index contributed by atoms with van der Waals surface area (Å²) in [4.78, 5) is 0. The molecule has 0 spiro atoms. The van der Waals surface area contributed by atoms with E-state index in [-0.39, 0.29) is 113 Å². The van der Waals surface area contributed by atoms with Crippen molar-refractivity contribution in [2.45, 2.75) is 0 Å². The summed E-state index contributed by atoms with van der Waals surface area (Å²) < 4.78 is 16.8. The molecule has 0 aliphatic rings. The normalized spacial score (nSPS) is 1.33. The zero-order valence-corrected chi connectivity index (χ0v) is 16.1. The molecule has 29 valence electrons. The zero-order valence-electron chi connectivity index (χ0n) is 3.22. The van der Waals surface area contributed by atoms with Crippen LogP contribution in [-0.2, 0) is 8.92 Å². The fourth-order valence-corrected chi connectivity index (χ4v) is 0. The van der Waals surface area contributed by atoms with Crippen LogP contribution < -0.4 is 0 Å². The Kier molecular flexibility index (Phi) is 91.2. The van der Waals surface area contributed by atoms with E-state index < -0.39 is 9.29 Å². The van der Waals surface area contributed by atoms with Gasteiger partial charge in [0.25, 0.3) is 0 Å². The molecule has 0 aromatic rings. The van der Waals surface area contributed by atoms with E-state index in [2.05, 4.69) is 0 Å². The first-order valence-electron chi connectivity index (χ1n) is 0.408. The van der Waals surface area contributed by atoms with Crippen LogP contribution in [0.15, 0.2) is 0 Å². The van der Waals surface area contributed by atoms with Gasteiger partial charge < -0.3 is 0 Å². The van der Waals surface area contributed by atoms with E-state index in [9.17, 15) is 0 Å². The molecule has 0 N–H and O–H groups in total. The molecule has 0 unspecified atom stereocenters. The van der Waals surface area contributed by atoms with Crippen LogP contribution in [0.2, 0.25) is 0 Å². The Balaban J connectivity index is -0.00000000667. The maximum absolute atomic E-state index is 8.40. The third-order valence-corrected chi connectivity index (χ3v) is 0. The number of hydrogen-bond donors (Lipinski definition) is 0. The average molecular weight is 481 g/mol. The molecule has 5 radical (unpaired) electrons. The maximum Gasteiger partial charge on any atom is 0.549 e. The quantitative estimate of drug-likeness (QED) is 0.425. The smallest absolute Gasteiger partial charge is 0.274 e. The van der Waals surface area contributed by atoms with Gasteiger partial charge in [-0.15, -0.1) is 17.0 Å². The largest absolute Gasteiger partial charge is 0.549 e. The van der Waals surface area contributed by atoms with E-state index in [0.717, 1.165) is 0 Å². The van der Waals surface area contributed by atoms with Gasteiger partial charge in [0.15, 0.2) is 0 Å². The number of hydrogen-bond acceptors (Lipinski definition) is 2. The summed E-state index contributed by atoms with van der Waals surface area (Å²) in [6.45, 7) is 0. The third kappa shape index (κ3) is 26.7. The van der Waals surface area contributed by atoms with Crippen molar-refractivity contribution < 1.29 is 8.92 Å². The van der Waals surface area contributed by atoms with Gasteiger partial charge in [-0.05, 0) is 0 Å². The molecular weight excluding hydrogens is 480 g/mol. The van der Waals surface area contributed by atoms with Crippen molar-refractivity contribution >= 4 is 122 Å². The second-order valence-electron chi connectivity index (χ2n) is 0.0833. The van der Waals surface area contributed by atoms with E-state index in [4.69, 9.17) is 8.92 Å². The Hall–Kier alpha value is 3.27. The molecule has 0 fully saturated rings. The first-order valence-corrected chi connectivity index (χ1v) is 1.22. The summed E-state index contributed by atoms with van der Waals surface area (Å²) in [6, 6.07) is 0. The van der Waals surface area contributed by atoms with Gasteiger partial charge in [-0.1, -0.05) is 0 Å². The minimum Gasteiger partial charge on any atom is -0.274 e. The molecule has 0 aliphatic carbocycles. The summed E-state index contributed by atoms with van der Waals surface area (Å²) >= 11 is 0. The standard InChI is InChI=1S/BrH.Cs.O2Si.Pb/c;;1-3-2;/h1H;;;. The molecule has 0 aromatic carbocycles. The van der Waals surface area contributed by atoms with Crippen LogP contribution in [0.3, 0.4) is 0 Å². The number of halogens is 1. The van der Waals surface area contributed by atoms with Gasteiger partial charge in [-0.2, -0.15) is 0 Å². The molecule has 0 atom stereocenters. The van der Waals surface area contributed by atoms with Crippen LogP contribution in [0.1, 0.15) is 0 Å². The second kappa shape index (κ2) is 24.0. The van der Waals surface area contributed by atoms with Crippen LogP contribution in [0.5, 0.6) is 0 Å². The first kappa shape index (κ1) is 22.8. The van der Waals surface area contributed by atoms with E-state index in [1.54, 1.807) is 0 Å². The fourth-order valence-electron chi connectivity index (χ4n) is 0. The Labute approximate surface area is 128 Å². The van der Waals surface area contributed by atoms with Gasteiger partial charge in [0.2, 0.25) is 0 Å². The van der Waals surface area contributed by atoms with Gasteiger partial charge in [-0.25, -0.2) is 0 Å². The molecule has 0 bridgehead atoms. The Bertz CT molecular complexity index is 34.5. The molecule has 0 heterocycles. The number of rotatable bonds is 0. The summed E-state index contributed by atoms with van der Waals surface area (Å²) in [5.74, 6) is 0. The molecule has 0 saturated heterocycles. The van der Waals surface area contributed by atoms with Gasteiger partial charge in [0.1, 0.15) is 0 Å². The monoisotopic (exact) mass is 481 g/mol. The zero-order chi connectivity index (χ0) is 2.71. The predicted octanol–water partition coefficient (Wildman–Crippen LogP) is -0.802.